The zero-order chi connectivity index (χ0) is 58.2. The van der Waals surface area contributed by atoms with Gasteiger partial charge in [-0.3, -0.25) is 0 Å². The van der Waals surface area contributed by atoms with Gasteiger partial charge in [-0.1, -0.05) is 220 Å². The molecule has 2 aromatic rings. The molecule has 470 valence electrons. The number of allylic oxidation sites excluding steroid dienone is 2. The summed E-state index contributed by atoms with van der Waals surface area (Å²) in [7, 11) is 0. The number of benzene rings is 2. The van der Waals surface area contributed by atoms with Gasteiger partial charge in [0.15, 0.2) is 0 Å². The summed E-state index contributed by atoms with van der Waals surface area (Å²) < 4.78 is 1.55. The Balaban J connectivity index is 0.000000556. The summed E-state index contributed by atoms with van der Waals surface area (Å²) in [4.78, 5) is 0. The van der Waals surface area contributed by atoms with Gasteiger partial charge < -0.3 is 5.53 Å². The minimum absolute atomic E-state index is 1.01. The maximum atomic E-state index is 11.9. The van der Waals surface area contributed by atoms with Gasteiger partial charge in [-0.15, -0.1) is 0 Å². The molecule has 2 aromatic carbocycles. The molecule has 0 amide bonds. The van der Waals surface area contributed by atoms with Gasteiger partial charge in [-0.2, -0.15) is 0 Å². The Bertz CT molecular complexity index is 1700. The van der Waals surface area contributed by atoms with E-state index in [0.717, 1.165) is 61.0 Å². The average Bonchev–Trinajstić information content (AvgIpc) is 3.39. The molecular formula is C78H138N2Ni. The molecule has 0 bridgehead atoms. The summed E-state index contributed by atoms with van der Waals surface area (Å²) in [5.74, 6) is 0. The number of rotatable bonds is 58. The van der Waals surface area contributed by atoms with Crippen LogP contribution in [0.1, 0.15) is 398 Å². The molecule has 0 fully saturated rings. The molecule has 0 aliphatic carbocycles. The maximum absolute atomic E-state index is 11.9. The Morgan fingerprint density at radius 3 is 0.728 bits per heavy atom. The van der Waals surface area contributed by atoms with Crippen LogP contribution in [0.3, 0.4) is 0 Å². The number of hydrogen-bond donors (Lipinski definition) is 0. The molecule has 81 heavy (non-hydrogen) atoms. The van der Waals surface area contributed by atoms with Crippen molar-refractivity contribution in [3.8, 4) is 0 Å². The van der Waals surface area contributed by atoms with E-state index in [1.54, 1.807) is 4.70 Å². The standard InChI is InChI=1S/C40H60N2.2C19H39.Ni/c1-5-9-13-16-17-19-22-34-27-29-35(30-28-34)39-37(23-12-8-4)38(24-20-15-11-7-3)40(42(39)41)36-31-25-33(26-32-36)21-18-14-10-6-2;2*1-3-5-7-9-11-13-15-17-19-18-16-14-12-10-8-6-4-2;/h25-32H,5-24H2,1-4H3;2*1,3-19H2,2H3;. The molecule has 0 spiro atoms. The Hall–Kier alpha value is -1.99. The van der Waals surface area contributed by atoms with Gasteiger partial charge in [0.05, 0.1) is 0 Å². The predicted molar refractivity (Wildman–Crippen MR) is 361 cm³/mol. The SMILES string of the molecule is CCCCCCCCCCCCCCCCCC[CH2][Ni][CH2]CCCCCCCCCCCCCCCCCC.CCCCCCCCc1ccc(C2=C(CCCC)C(CCCCCC)=C(c3ccc(CCCCCC)cc3)[N+]2=[N-])cc1. The third kappa shape index (κ3) is 40.1. The fraction of sp³-hybridized carbons (Fsp3) is 0.795. The van der Waals surface area contributed by atoms with Gasteiger partial charge in [0.25, 0.3) is 0 Å². The number of aryl methyl sites for hydroxylation is 2. The Kier molecular flexibility index (Phi) is 53.0. The van der Waals surface area contributed by atoms with Gasteiger partial charge in [-0.25, -0.2) is 4.70 Å². The first-order valence-electron chi connectivity index (χ1n) is 36.6. The van der Waals surface area contributed by atoms with Crippen LogP contribution in [0.2, 0.25) is 10.8 Å². The smallest absolute Gasteiger partial charge is 0.493 e. The summed E-state index contributed by atoms with van der Waals surface area (Å²) in [6.07, 6.45) is 74.9. The van der Waals surface area contributed by atoms with E-state index in [0.29, 0.717) is 0 Å². The first-order valence-corrected chi connectivity index (χ1v) is 38.0. The van der Waals surface area contributed by atoms with Crippen LogP contribution in [0, 0.1) is 0 Å². The van der Waals surface area contributed by atoms with E-state index in [1.165, 1.54) is 341 Å². The van der Waals surface area contributed by atoms with E-state index < -0.39 is 0 Å². The molecule has 0 saturated carbocycles. The van der Waals surface area contributed by atoms with Crippen molar-refractivity contribution in [3.05, 3.63) is 87.5 Å². The third-order valence-corrected chi connectivity index (χ3v) is 19.1. The number of unbranched alkanes of at least 4 members (excludes halogenated alkanes) is 44. The van der Waals surface area contributed by atoms with E-state index in [4.69, 9.17) is 0 Å². The van der Waals surface area contributed by atoms with Crippen LogP contribution in [-0.4, -0.2) is 4.70 Å². The summed E-state index contributed by atoms with van der Waals surface area (Å²) in [6, 6.07) is 18.2. The van der Waals surface area contributed by atoms with Crippen LogP contribution in [-0.2, 0) is 27.3 Å². The summed E-state index contributed by atoms with van der Waals surface area (Å²) in [6.45, 7) is 13.7. The van der Waals surface area contributed by atoms with Gasteiger partial charge >= 0.3 is 166 Å². The van der Waals surface area contributed by atoms with E-state index in [9.17, 15) is 5.53 Å². The van der Waals surface area contributed by atoms with Gasteiger partial charge in [-0.05, 0) is 86.8 Å². The monoisotopic (exact) mass is 1160 g/mol. The third-order valence-electron chi connectivity index (χ3n) is 17.7. The average molecular weight is 1160 g/mol. The summed E-state index contributed by atoms with van der Waals surface area (Å²) >= 11 is 2.05. The van der Waals surface area contributed by atoms with Gasteiger partial charge in [0.2, 0.25) is 11.4 Å². The Labute approximate surface area is 514 Å². The molecule has 0 unspecified atom stereocenters. The second-order valence-corrected chi connectivity index (χ2v) is 26.9. The molecule has 0 radical (unpaired) electrons. The van der Waals surface area contributed by atoms with Crippen LogP contribution in [0.25, 0.3) is 16.9 Å². The first kappa shape index (κ1) is 75.1. The molecule has 3 rings (SSSR count). The quantitative estimate of drug-likeness (QED) is 0.0358. The molecule has 3 heteroatoms. The predicted octanol–water partition coefficient (Wildman–Crippen LogP) is 28.3. The van der Waals surface area contributed by atoms with Crippen molar-refractivity contribution in [1.82, 2.24) is 0 Å². The van der Waals surface area contributed by atoms with Crippen molar-refractivity contribution in [2.24, 2.45) is 0 Å². The molecule has 2 nitrogen and oxygen atoms in total. The van der Waals surface area contributed by atoms with E-state index in [2.05, 4.69) is 90.1 Å². The number of nitrogens with zero attached hydrogens (tertiary/aromatic N) is 2. The van der Waals surface area contributed by atoms with E-state index in [1.807, 2.05) is 14.4 Å². The summed E-state index contributed by atoms with van der Waals surface area (Å²) in [5, 5.41) is 2.87. The van der Waals surface area contributed by atoms with E-state index in [-0.39, 0.29) is 0 Å². The molecular weight excluding hydrogens is 1020 g/mol. The van der Waals surface area contributed by atoms with Crippen LogP contribution in [0.5, 0.6) is 0 Å². The minimum Gasteiger partial charge on any atom is -0.493 e. The van der Waals surface area contributed by atoms with Crippen molar-refractivity contribution in [2.75, 3.05) is 0 Å². The van der Waals surface area contributed by atoms with Crippen molar-refractivity contribution in [3.63, 3.8) is 0 Å². The second kappa shape index (κ2) is 57.1. The Morgan fingerprint density at radius 2 is 0.457 bits per heavy atom. The molecule has 0 saturated heterocycles. The molecule has 1 aliphatic rings. The zero-order valence-electron chi connectivity index (χ0n) is 55.4. The fourth-order valence-electron chi connectivity index (χ4n) is 12.2. The van der Waals surface area contributed by atoms with Crippen molar-refractivity contribution < 1.29 is 19.1 Å². The zero-order valence-corrected chi connectivity index (χ0v) is 56.4. The number of hydrogen-bond acceptors (Lipinski definition) is 0. The minimum atomic E-state index is 1.01. The van der Waals surface area contributed by atoms with Crippen molar-refractivity contribution in [1.29, 1.82) is 0 Å². The Morgan fingerprint density at radius 1 is 0.247 bits per heavy atom. The van der Waals surface area contributed by atoms with Crippen LogP contribution < -0.4 is 0 Å². The first-order chi connectivity index (χ1) is 40.1. The summed E-state index contributed by atoms with van der Waals surface area (Å²) in [5.41, 5.74) is 21.8. The normalized spacial score (nSPS) is 12.6. The van der Waals surface area contributed by atoms with Gasteiger partial charge in [0, 0.05) is 22.3 Å². The van der Waals surface area contributed by atoms with E-state index >= 15 is 0 Å². The van der Waals surface area contributed by atoms with Gasteiger partial charge in [0.1, 0.15) is 0 Å². The van der Waals surface area contributed by atoms with Crippen molar-refractivity contribution >= 4 is 11.4 Å². The molecule has 0 N–H and O–H groups in total. The van der Waals surface area contributed by atoms with Crippen LogP contribution in [0.15, 0.2) is 59.7 Å². The van der Waals surface area contributed by atoms with Crippen LogP contribution in [0.4, 0.5) is 0 Å². The molecule has 1 aliphatic heterocycles. The van der Waals surface area contributed by atoms with Crippen LogP contribution >= 0.6 is 0 Å². The molecule has 0 aromatic heterocycles. The fourth-order valence-corrected chi connectivity index (χ4v) is 13.5. The molecule has 1 heterocycles. The second-order valence-electron chi connectivity index (χ2n) is 25.4. The topological polar surface area (TPSA) is 25.3 Å². The molecule has 0 atom stereocenters. The van der Waals surface area contributed by atoms with Crippen molar-refractivity contribution in [2.45, 2.75) is 399 Å².